The summed E-state index contributed by atoms with van der Waals surface area (Å²) in [6.45, 7) is 1.95. The molecule has 1 aromatic carbocycles. The van der Waals surface area contributed by atoms with Crippen molar-refractivity contribution in [2.45, 2.75) is 16.9 Å². The SMILES string of the molecule is Cc1cccc(N[C@H](NC(=O)c2ccccn2)C(Cl)(Cl)Cl)c1. The Morgan fingerprint density at radius 2 is 1.95 bits per heavy atom. The van der Waals surface area contributed by atoms with E-state index in [0.29, 0.717) is 0 Å². The van der Waals surface area contributed by atoms with Crippen molar-refractivity contribution in [3.05, 3.63) is 59.9 Å². The Morgan fingerprint density at radius 3 is 2.55 bits per heavy atom. The summed E-state index contributed by atoms with van der Waals surface area (Å²) in [5.41, 5.74) is 2.02. The number of aryl methyl sites for hydroxylation is 1. The number of rotatable bonds is 4. The lowest BCUT2D eigenvalue weighted by molar-refractivity contribution is 0.0937. The molecule has 0 spiro atoms. The summed E-state index contributed by atoms with van der Waals surface area (Å²) >= 11 is 17.9. The van der Waals surface area contributed by atoms with E-state index in [2.05, 4.69) is 15.6 Å². The largest absolute Gasteiger partial charge is 0.362 e. The van der Waals surface area contributed by atoms with Crippen LogP contribution >= 0.6 is 34.8 Å². The van der Waals surface area contributed by atoms with Crippen molar-refractivity contribution in [2.75, 3.05) is 5.32 Å². The summed E-state index contributed by atoms with van der Waals surface area (Å²) in [6.07, 6.45) is 0.613. The molecule has 1 aromatic heterocycles. The molecule has 22 heavy (non-hydrogen) atoms. The highest BCUT2D eigenvalue weighted by Crippen LogP contribution is 2.31. The third kappa shape index (κ3) is 4.77. The molecule has 0 aliphatic heterocycles. The molecular weight excluding hydrogens is 345 g/mol. The van der Waals surface area contributed by atoms with Crippen LogP contribution in [0.2, 0.25) is 0 Å². The monoisotopic (exact) mass is 357 g/mol. The normalized spacial score (nSPS) is 12.5. The maximum Gasteiger partial charge on any atom is 0.271 e. The highest BCUT2D eigenvalue weighted by Gasteiger charge is 2.34. The third-order valence-corrected chi connectivity index (χ3v) is 3.48. The van der Waals surface area contributed by atoms with Crippen LogP contribution in [0.15, 0.2) is 48.7 Å². The van der Waals surface area contributed by atoms with Crippen molar-refractivity contribution in [3.8, 4) is 0 Å². The fourth-order valence-corrected chi connectivity index (χ4v) is 2.13. The van der Waals surface area contributed by atoms with Crippen LogP contribution < -0.4 is 10.6 Å². The van der Waals surface area contributed by atoms with Crippen LogP contribution in [-0.2, 0) is 0 Å². The lowest BCUT2D eigenvalue weighted by atomic mass is 10.2. The second kappa shape index (κ2) is 7.18. The molecule has 0 aliphatic rings. The molecule has 0 saturated carbocycles. The van der Waals surface area contributed by atoms with Crippen molar-refractivity contribution in [1.82, 2.24) is 10.3 Å². The molecule has 1 amide bonds. The van der Waals surface area contributed by atoms with Crippen LogP contribution in [-0.4, -0.2) is 20.8 Å². The molecule has 1 heterocycles. The van der Waals surface area contributed by atoms with E-state index in [-0.39, 0.29) is 5.69 Å². The first-order chi connectivity index (χ1) is 10.4. The number of anilines is 1. The minimum Gasteiger partial charge on any atom is -0.362 e. The van der Waals surface area contributed by atoms with Crippen LogP contribution in [0.5, 0.6) is 0 Å². The van der Waals surface area contributed by atoms with E-state index in [1.54, 1.807) is 18.2 Å². The number of amides is 1. The van der Waals surface area contributed by atoms with E-state index < -0.39 is 15.9 Å². The van der Waals surface area contributed by atoms with Gasteiger partial charge in [0.2, 0.25) is 3.79 Å². The minimum atomic E-state index is -1.73. The number of aromatic nitrogens is 1. The highest BCUT2D eigenvalue weighted by atomic mass is 35.6. The molecule has 7 heteroatoms. The van der Waals surface area contributed by atoms with E-state index in [9.17, 15) is 4.79 Å². The second-order valence-electron chi connectivity index (χ2n) is 4.68. The van der Waals surface area contributed by atoms with Gasteiger partial charge in [0.25, 0.3) is 5.91 Å². The van der Waals surface area contributed by atoms with Gasteiger partial charge in [-0.25, -0.2) is 0 Å². The van der Waals surface area contributed by atoms with Crippen LogP contribution in [0.3, 0.4) is 0 Å². The standard InChI is InChI=1S/C15H14Cl3N3O/c1-10-5-4-6-11(9-10)20-14(15(16,17)18)21-13(22)12-7-2-3-8-19-12/h2-9,14,20H,1H3,(H,21,22)/t14-/m1/s1. The van der Waals surface area contributed by atoms with Crippen LogP contribution in [0.4, 0.5) is 5.69 Å². The molecule has 0 saturated heterocycles. The van der Waals surface area contributed by atoms with Crippen molar-refractivity contribution in [2.24, 2.45) is 0 Å². The van der Waals surface area contributed by atoms with Gasteiger partial charge < -0.3 is 10.6 Å². The number of carbonyl (C=O) groups excluding carboxylic acids is 1. The highest BCUT2D eigenvalue weighted by molar-refractivity contribution is 6.68. The number of nitrogens with one attached hydrogen (secondary N) is 2. The van der Waals surface area contributed by atoms with Gasteiger partial charge in [-0.3, -0.25) is 9.78 Å². The van der Waals surface area contributed by atoms with Gasteiger partial charge in [0.1, 0.15) is 11.9 Å². The fourth-order valence-electron chi connectivity index (χ4n) is 1.80. The molecule has 2 aromatic rings. The van der Waals surface area contributed by atoms with E-state index >= 15 is 0 Å². The number of alkyl halides is 3. The predicted octanol–water partition coefficient (Wildman–Crippen LogP) is 3.93. The lowest BCUT2D eigenvalue weighted by Gasteiger charge is -2.27. The predicted molar refractivity (Wildman–Crippen MR) is 90.6 cm³/mol. The Bertz CT molecular complexity index is 644. The summed E-state index contributed by atoms with van der Waals surface area (Å²) < 4.78 is -1.73. The smallest absolute Gasteiger partial charge is 0.271 e. The van der Waals surface area contributed by atoms with Gasteiger partial charge in [-0.15, -0.1) is 0 Å². The van der Waals surface area contributed by atoms with Gasteiger partial charge in [-0.2, -0.15) is 0 Å². The molecule has 0 unspecified atom stereocenters. The number of pyridine rings is 1. The Balaban J connectivity index is 2.15. The average molecular weight is 359 g/mol. The number of carbonyl (C=O) groups is 1. The van der Waals surface area contributed by atoms with Gasteiger partial charge in [-0.05, 0) is 36.8 Å². The maximum absolute atomic E-state index is 12.2. The fraction of sp³-hybridized carbons (Fsp3) is 0.200. The lowest BCUT2D eigenvalue weighted by Crippen LogP contribution is -2.49. The Labute approximate surface area is 143 Å². The Hall–Kier alpha value is -1.49. The third-order valence-electron chi connectivity index (χ3n) is 2.83. The summed E-state index contributed by atoms with van der Waals surface area (Å²) in [4.78, 5) is 16.1. The molecule has 116 valence electrons. The molecule has 1 atom stereocenters. The van der Waals surface area contributed by atoms with E-state index in [4.69, 9.17) is 34.8 Å². The van der Waals surface area contributed by atoms with Gasteiger partial charge in [0.15, 0.2) is 0 Å². The Kier molecular flexibility index (Phi) is 5.51. The molecule has 0 fully saturated rings. The van der Waals surface area contributed by atoms with Crippen molar-refractivity contribution < 1.29 is 4.79 Å². The summed E-state index contributed by atoms with van der Waals surface area (Å²) in [7, 11) is 0. The zero-order chi connectivity index (χ0) is 16.2. The van der Waals surface area contributed by atoms with Crippen molar-refractivity contribution >= 4 is 46.4 Å². The van der Waals surface area contributed by atoms with Gasteiger partial charge in [-0.1, -0.05) is 53.0 Å². The summed E-state index contributed by atoms with van der Waals surface area (Å²) in [5, 5.41) is 5.64. The van der Waals surface area contributed by atoms with Crippen LogP contribution in [0, 0.1) is 6.92 Å². The van der Waals surface area contributed by atoms with Crippen molar-refractivity contribution in [1.29, 1.82) is 0 Å². The molecule has 0 bridgehead atoms. The molecule has 2 N–H and O–H groups in total. The summed E-state index contributed by atoms with van der Waals surface area (Å²) in [6, 6.07) is 12.5. The van der Waals surface area contributed by atoms with Crippen molar-refractivity contribution in [3.63, 3.8) is 0 Å². The molecule has 0 radical (unpaired) electrons. The molecule has 4 nitrogen and oxygen atoms in total. The van der Waals surface area contributed by atoms with Crippen LogP contribution in [0.25, 0.3) is 0 Å². The van der Waals surface area contributed by atoms with Gasteiger partial charge in [0.05, 0.1) is 0 Å². The number of nitrogens with zero attached hydrogens (tertiary/aromatic N) is 1. The van der Waals surface area contributed by atoms with Gasteiger partial charge >= 0.3 is 0 Å². The second-order valence-corrected chi connectivity index (χ2v) is 7.05. The zero-order valence-corrected chi connectivity index (χ0v) is 14.0. The average Bonchev–Trinajstić information content (AvgIpc) is 2.46. The molecule has 0 aliphatic carbocycles. The van der Waals surface area contributed by atoms with E-state index in [1.807, 2.05) is 31.2 Å². The quantitative estimate of drug-likeness (QED) is 0.643. The van der Waals surface area contributed by atoms with Gasteiger partial charge in [0, 0.05) is 11.9 Å². The minimum absolute atomic E-state index is 0.243. The topological polar surface area (TPSA) is 54.0 Å². The number of benzene rings is 1. The van der Waals surface area contributed by atoms with E-state index in [0.717, 1.165) is 11.3 Å². The molecular formula is C15H14Cl3N3O. The number of hydrogen-bond donors (Lipinski definition) is 2. The van der Waals surface area contributed by atoms with Crippen LogP contribution in [0.1, 0.15) is 16.1 Å². The number of hydrogen-bond acceptors (Lipinski definition) is 3. The first-order valence-corrected chi connectivity index (χ1v) is 7.61. The Morgan fingerprint density at radius 1 is 1.18 bits per heavy atom. The first-order valence-electron chi connectivity index (χ1n) is 6.48. The molecule has 2 rings (SSSR count). The number of halogens is 3. The zero-order valence-electron chi connectivity index (χ0n) is 11.7. The maximum atomic E-state index is 12.2. The first kappa shape index (κ1) is 16.9. The van der Waals surface area contributed by atoms with E-state index in [1.165, 1.54) is 6.20 Å². The summed E-state index contributed by atoms with van der Waals surface area (Å²) in [5.74, 6) is -0.433.